The maximum Gasteiger partial charge on any atom is 0.191 e. The molecular formula is C21H40IN7O. The summed E-state index contributed by atoms with van der Waals surface area (Å²) in [5.74, 6) is 3.62. The number of aryl methyl sites for hydroxylation is 1. The van der Waals surface area contributed by atoms with E-state index in [0.29, 0.717) is 18.5 Å². The van der Waals surface area contributed by atoms with Crippen LogP contribution in [0.15, 0.2) is 4.99 Å². The summed E-state index contributed by atoms with van der Waals surface area (Å²) < 4.78 is 7.82. The van der Waals surface area contributed by atoms with Crippen LogP contribution >= 0.6 is 24.0 Å². The van der Waals surface area contributed by atoms with Gasteiger partial charge in [0.1, 0.15) is 12.4 Å². The molecule has 0 bridgehead atoms. The number of halogens is 1. The predicted molar refractivity (Wildman–Crippen MR) is 131 cm³/mol. The van der Waals surface area contributed by atoms with Gasteiger partial charge in [0.2, 0.25) is 0 Å². The Balaban J connectivity index is 0.00000320. The van der Waals surface area contributed by atoms with Crippen molar-refractivity contribution in [3.8, 4) is 0 Å². The molecule has 0 radical (unpaired) electrons. The van der Waals surface area contributed by atoms with Crippen LogP contribution in [0.2, 0.25) is 0 Å². The molecule has 172 valence electrons. The van der Waals surface area contributed by atoms with Gasteiger partial charge >= 0.3 is 0 Å². The molecule has 2 aliphatic rings. The Morgan fingerprint density at radius 1 is 1.07 bits per heavy atom. The highest BCUT2D eigenvalue weighted by molar-refractivity contribution is 14.0. The van der Waals surface area contributed by atoms with Crippen LogP contribution in [0.5, 0.6) is 0 Å². The minimum atomic E-state index is 0. The first-order chi connectivity index (χ1) is 14.3. The zero-order valence-electron chi connectivity index (χ0n) is 18.9. The molecule has 3 rings (SSSR count). The summed E-state index contributed by atoms with van der Waals surface area (Å²) in [7, 11) is 0. The third-order valence-electron chi connectivity index (χ3n) is 6.25. The molecule has 8 nitrogen and oxygen atoms in total. The van der Waals surface area contributed by atoms with Crippen LogP contribution in [0, 0.1) is 5.92 Å². The lowest BCUT2D eigenvalue weighted by Crippen LogP contribution is -2.53. The van der Waals surface area contributed by atoms with Gasteiger partial charge in [-0.2, -0.15) is 0 Å². The number of rotatable bonds is 9. The molecule has 1 aromatic rings. The number of fused-ring (bicyclic) bond motifs is 1. The largest absolute Gasteiger partial charge is 0.379 e. The SMILES string of the molecule is CCNC(=NCc1nnc2n1CCCC2)NCC(C(CC)CC)N1CCOCC1.I. The third kappa shape index (κ3) is 6.78. The fraction of sp³-hybridized carbons (Fsp3) is 0.857. The first-order valence-electron chi connectivity index (χ1n) is 11.5. The van der Waals surface area contributed by atoms with Gasteiger partial charge in [-0.25, -0.2) is 4.99 Å². The van der Waals surface area contributed by atoms with E-state index >= 15 is 0 Å². The van der Waals surface area contributed by atoms with Crippen LogP contribution in [0.1, 0.15) is 58.1 Å². The van der Waals surface area contributed by atoms with Crippen LogP contribution < -0.4 is 10.6 Å². The van der Waals surface area contributed by atoms with Gasteiger partial charge in [0.25, 0.3) is 0 Å². The third-order valence-corrected chi connectivity index (χ3v) is 6.25. The second-order valence-corrected chi connectivity index (χ2v) is 8.01. The van der Waals surface area contributed by atoms with Crippen LogP contribution in [0.4, 0.5) is 0 Å². The minimum Gasteiger partial charge on any atom is -0.379 e. The molecule has 2 aliphatic heterocycles. The highest BCUT2D eigenvalue weighted by Gasteiger charge is 2.27. The number of hydrogen-bond donors (Lipinski definition) is 2. The number of guanidine groups is 1. The van der Waals surface area contributed by atoms with Crippen molar-refractivity contribution in [1.29, 1.82) is 0 Å². The molecule has 30 heavy (non-hydrogen) atoms. The number of aliphatic imine (C=N–C) groups is 1. The maximum atomic E-state index is 5.57. The van der Waals surface area contributed by atoms with Crippen molar-refractivity contribution in [2.75, 3.05) is 39.4 Å². The number of morpholine rings is 1. The second-order valence-electron chi connectivity index (χ2n) is 8.01. The molecule has 1 unspecified atom stereocenters. The smallest absolute Gasteiger partial charge is 0.191 e. The Morgan fingerprint density at radius 2 is 1.83 bits per heavy atom. The molecule has 1 atom stereocenters. The highest BCUT2D eigenvalue weighted by Crippen LogP contribution is 2.19. The molecular weight excluding hydrogens is 493 g/mol. The van der Waals surface area contributed by atoms with Crippen molar-refractivity contribution in [2.24, 2.45) is 10.9 Å². The van der Waals surface area contributed by atoms with Crippen molar-refractivity contribution in [1.82, 2.24) is 30.3 Å². The molecule has 3 heterocycles. The van der Waals surface area contributed by atoms with Gasteiger partial charge < -0.3 is 19.9 Å². The van der Waals surface area contributed by atoms with Crippen LogP contribution in [-0.4, -0.2) is 71.1 Å². The number of nitrogens with zero attached hydrogens (tertiary/aromatic N) is 5. The normalized spacial score (nSPS) is 18.6. The van der Waals surface area contributed by atoms with Gasteiger partial charge in [0.15, 0.2) is 11.8 Å². The summed E-state index contributed by atoms with van der Waals surface area (Å²) in [5.41, 5.74) is 0. The van der Waals surface area contributed by atoms with E-state index in [9.17, 15) is 0 Å². The van der Waals surface area contributed by atoms with E-state index in [-0.39, 0.29) is 24.0 Å². The summed E-state index contributed by atoms with van der Waals surface area (Å²) in [6.07, 6.45) is 5.84. The summed E-state index contributed by atoms with van der Waals surface area (Å²) in [6, 6.07) is 0.499. The van der Waals surface area contributed by atoms with Gasteiger partial charge in [-0.15, -0.1) is 34.2 Å². The highest BCUT2D eigenvalue weighted by atomic mass is 127. The zero-order valence-corrected chi connectivity index (χ0v) is 21.2. The Bertz CT molecular complexity index is 641. The van der Waals surface area contributed by atoms with Crippen LogP contribution in [0.25, 0.3) is 0 Å². The van der Waals surface area contributed by atoms with Crippen molar-refractivity contribution in [3.63, 3.8) is 0 Å². The van der Waals surface area contributed by atoms with E-state index in [2.05, 4.69) is 51.1 Å². The Morgan fingerprint density at radius 3 is 2.53 bits per heavy atom. The van der Waals surface area contributed by atoms with Crippen molar-refractivity contribution in [3.05, 3.63) is 11.6 Å². The molecule has 9 heteroatoms. The summed E-state index contributed by atoms with van der Waals surface area (Å²) in [5, 5.41) is 15.7. The molecule has 0 spiro atoms. The second kappa shape index (κ2) is 13.5. The lowest BCUT2D eigenvalue weighted by molar-refractivity contribution is 0.00272. The van der Waals surface area contributed by atoms with E-state index < -0.39 is 0 Å². The lowest BCUT2D eigenvalue weighted by Gasteiger charge is -2.39. The summed E-state index contributed by atoms with van der Waals surface area (Å²) in [6.45, 7) is 13.7. The van der Waals surface area contributed by atoms with Gasteiger partial charge in [0, 0.05) is 45.2 Å². The quantitative estimate of drug-likeness (QED) is 0.289. The summed E-state index contributed by atoms with van der Waals surface area (Å²) in [4.78, 5) is 7.41. The molecule has 0 aromatic carbocycles. The van der Waals surface area contributed by atoms with Crippen molar-refractivity contribution < 1.29 is 4.74 Å². The average molecular weight is 534 g/mol. The maximum absolute atomic E-state index is 5.57. The minimum absolute atomic E-state index is 0. The van der Waals surface area contributed by atoms with Crippen LogP contribution in [-0.2, 0) is 24.2 Å². The Hall–Kier alpha value is -0.940. The molecule has 1 aromatic heterocycles. The molecule has 1 fully saturated rings. The average Bonchev–Trinajstić information content (AvgIpc) is 3.18. The van der Waals surface area contributed by atoms with Crippen molar-refractivity contribution >= 4 is 29.9 Å². The number of nitrogens with one attached hydrogen (secondary N) is 2. The fourth-order valence-electron chi connectivity index (χ4n) is 4.51. The molecule has 1 saturated heterocycles. The Kier molecular flexibility index (Phi) is 11.4. The van der Waals surface area contributed by atoms with Gasteiger partial charge in [-0.3, -0.25) is 4.90 Å². The molecule has 0 aliphatic carbocycles. The topological polar surface area (TPSA) is 79.6 Å². The predicted octanol–water partition coefficient (Wildman–Crippen LogP) is 2.42. The van der Waals surface area contributed by atoms with E-state index in [4.69, 9.17) is 9.73 Å². The molecule has 2 N–H and O–H groups in total. The zero-order chi connectivity index (χ0) is 20.5. The summed E-state index contributed by atoms with van der Waals surface area (Å²) >= 11 is 0. The first-order valence-corrected chi connectivity index (χ1v) is 11.5. The first kappa shape index (κ1) is 25.3. The fourth-order valence-corrected chi connectivity index (χ4v) is 4.51. The van der Waals surface area contributed by atoms with E-state index in [0.717, 1.165) is 70.0 Å². The van der Waals surface area contributed by atoms with Gasteiger partial charge in [-0.05, 0) is 25.7 Å². The molecule has 0 amide bonds. The number of ether oxygens (including phenoxy) is 1. The van der Waals surface area contributed by atoms with E-state index in [1.54, 1.807) is 0 Å². The lowest BCUT2D eigenvalue weighted by atomic mass is 9.92. The van der Waals surface area contributed by atoms with Gasteiger partial charge in [0.05, 0.1) is 13.2 Å². The van der Waals surface area contributed by atoms with E-state index in [1.807, 2.05) is 0 Å². The molecule has 0 saturated carbocycles. The van der Waals surface area contributed by atoms with Crippen molar-refractivity contribution in [2.45, 2.75) is 72.0 Å². The standard InChI is InChI=1S/C21H39N7O.HI/c1-4-17(5-2)18(27-11-13-29-14-12-27)15-23-21(22-6-3)24-16-20-26-25-19-9-7-8-10-28(19)20;/h17-18H,4-16H2,1-3H3,(H2,22,23,24);1H. The monoisotopic (exact) mass is 533 g/mol. The number of hydrogen-bond acceptors (Lipinski definition) is 5. The number of aromatic nitrogens is 3. The van der Waals surface area contributed by atoms with E-state index in [1.165, 1.54) is 25.7 Å². The van der Waals surface area contributed by atoms with Gasteiger partial charge in [-0.1, -0.05) is 26.7 Å². The Labute approximate surface area is 198 Å². The van der Waals surface area contributed by atoms with Crippen LogP contribution in [0.3, 0.4) is 0 Å².